The molecular formula is C14H17N5O. The predicted octanol–water partition coefficient (Wildman–Crippen LogP) is 1.28. The van der Waals surface area contributed by atoms with Gasteiger partial charge in [-0.3, -0.25) is 14.9 Å². The van der Waals surface area contributed by atoms with E-state index in [1.165, 1.54) is 0 Å². The molecule has 6 heteroatoms. The van der Waals surface area contributed by atoms with Crippen LogP contribution in [0.2, 0.25) is 0 Å². The van der Waals surface area contributed by atoms with E-state index < -0.39 is 0 Å². The zero-order valence-electron chi connectivity index (χ0n) is 11.4. The number of amides is 1. The maximum absolute atomic E-state index is 11.3. The molecule has 1 N–H and O–H groups in total. The molecule has 0 unspecified atom stereocenters. The number of aromatic nitrogens is 4. The van der Waals surface area contributed by atoms with Crippen LogP contribution in [0.1, 0.15) is 19.0 Å². The lowest BCUT2D eigenvalue weighted by Crippen LogP contribution is -2.26. The van der Waals surface area contributed by atoms with E-state index in [1.807, 2.05) is 4.90 Å². The zero-order valence-corrected chi connectivity index (χ0v) is 11.4. The normalized spacial score (nSPS) is 18.4. The first-order chi connectivity index (χ1) is 9.72. The Balaban J connectivity index is 1.70. The summed E-state index contributed by atoms with van der Waals surface area (Å²) in [6.45, 7) is 3.31. The van der Waals surface area contributed by atoms with E-state index in [-0.39, 0.29) is 5.91 Å². The molecule has 20 heavy (non-hydrogen) atoms. The minimum Gasteiger partial charge on any atom is -0.343 e. The molecule has 1 aliphatic heterocycles. The molecule has 2 aromatic heterocycles. The summed E-state index contributed by atoms with van der Waals surface area (Å²) in [6, 6.07) is 0. The molecule has 1 fully saturated rings. The fraction of sp³-hybridized carbons (Fsp3) is 0.429. The molecule has 2 aromatic rings. The van der Waals surface area contributed by atoms with Crippen molar-refractivity contribution >= 4 is 5.91 Å². The van der Waals surface area contributed by atoms with Crippen molar-refractivity contribution in [1.82, 2.24) is 25.1 Å². The predicted molar refractivity (Wildman–Crippen MR) is 73.7 cm³/mol. The van der Waals surface area contributed by atoms with Crippen molar-refractivity contribution in [2.75, 3.05) is 13.1 Å². The number of hydrogen-bond acceptors (Lipinski definition) is 4. The standard InChI is InChI=1S/C14H17N5O/c1-10(20)19-3-2-11(9-19)4-13-7-15-8-14(18-13)12-5-16-17-6-12/h5-8,11H,2-4,9H2,1H3,(H,16,17)/t11-/m0/s1. The van der Waals surface area contributed by atoms with Crippen LogP contribution in [0.15, 0.2) is 24.8 Å². The maximum Gasteiger partial charge on any atom is 0.219 e. The average molecular weight is 271 g/mol. The summed E-state index contributed by atoms with van der Waals surface area (Å²) in [7, 11) is 0. The fourth-order valence-corrected chi connectivity index (χ4v) is 2.62. The van der Waals surface area contributed by atoms with E-state index in [1.54, 1.807) is 31.7 Å². The highest BCUT2D eigenvalue weighted by molar-refractivity contribution is 5.73. The number of hydrogen-bond donors (Lipinski definition) is 1. The fourth-order valence-electron chi connectivity index (χ4n) is 2.62. The van der Waals surface area contributed by atoms with Crippen LogP contribution in [0, 0.1) is 5.92 Å². The molecule has 0 spiro atoms. The lowest BCUT2D eigenvalue weighted by molar-refractivity contribution is -0.127. The summed E-state index contributed by atoms with van der Waals surface area (Å²) >= 11 is 0. The quantitative estimate of drug-likeness (QED) is 0.912. The molecule has 1 saturated heterocycles. The number of rotatable bonds is 3. The van der Waals surface area contributed by atoms with Crippen LogP contribution in [-0.4, -0.2) is 44.1 Å². The van der Waals surface area contributed by atoms with E-state index >= 15 is 0 Å². The third-order valence-electron chi connectivity index (χ3n) is 3.71. The van der Waals surface area contributed by atoms with Crippen molar-refractivity contribution in [3.8, 4) is 11.3 Å². The minimum absolute atomic E-state index is 0.158. The summed E-state index contributed by atoms with van der Waals surface area (Å²) in [4.78, 5) is 22.1. The topological polar surface area (TPSA) is 74.8 Å². The number of H-pyrrole nitrogens is 1. The molecule has 0 saturated carbocycles. The highest BCUT2D eigenvalue weighted by Gasteiger charge is 2.24. The molecule has 1 aliphatic rings. The van der Waals surface area contributed by atoms with E-state index in [0.717, 1.165) is 42.9 Å². The van der Waals surface area contributed by atoms with Crippen molar-refractivity contribution in [1.29, 1.82) is 0 Å². The Hall–Kier alpha value is -2.24. The molecule has 0 aromatic carbocycles. The number of carbonyl (C=O) groups excluding carboxylic acids is 1. The van der Waals surface area contributed by atoms with E-state index in [4.69, 9.17) is 0 Å². The van der Waals surface area contributed by atoms with Crippen molar-refractivity contribution < 1.29 is 4.79 Å². The molecular weight excluding hydrogens is 254 g/mol. The second-order valence-electron chi connectivity index (χ2n) is 5.21. The van der Waals surface area contributed by atoms with Gasteiger partial charge in [0.2, 0.25) is 5.91 Å². The van der Waals surface area contributed by atoms with Gasteiger partial charge in [-0.2, -0.15) is 5.10 Å². The largest absolute Gasteiger partial charge is 0.343 e. The van der Waals surface area contributed by atoms with Crippen LogP contribution in [0.25, 0.3) is 11.3 Å². The van der Waals surface area contributed by atoms with Crippen LogP contribution in [0.4, 0.5) is 0 Å². The van der Waals surface area contributed by atoms with Crippen molar-refractivity contribution in [3.63, 3.8) is 0 Å². The number of carbonyl (C=O) groups is 1. The van der Waals surface area contributed by atoms with Crippen molar-refractivity contribution in [2.24, 2.45) is 5.92 Å². The van der Waals surface area contributed by atoms with Gasteiger partial charge < -0.3 is 4.90 Å². The zero-order chi connectivity index (χ0) is 13.9. The molecule has 3 rings (SSSR count). The van der Waals surface area contributed by atoms with Gasteiger partial charge >= 0.3 is 0 Å². The van der Waals surface area contributed by atoms with Gasteiger partial charge in [-0.1, -0.05) is 0 Å². The second-order valence-corrected chi connectivity index (χ2v) is 5.21. The Bertz CT molecular complexity index is 595. The Kier molecular flexibility index (Phi) is 3.45. The van der Waals surface area contributed by atoms with Crippen LogP contribution < -0.4 is 0 Å². The van der Waals surface area contributed by atoms with Gasteiger partial charge in [0, 0.05) is 38.0 Å². The Morgan fingerprint density at radius 3 is 3.05 bits per heavy atom. The first-order valence-corrected chi connectivity index (χ1v) is 6.78. The summed E-state index contributed by atoms with van der Waals surface area (Å²) in [5.41, 5.74) is 2.74. The van der Waals surface area contributed by atoms with Gasteiger partial charge in [0.05, 0.1) is 23.8 Å². The maximum atomic E-state index is 11.3. The molecule has 1 atom stereocenters. The Labute approximate surface area is 117 Å². The third-order valence-corrected chi connectivity index (χ3v) is 3.71. The van der Waals surface area contributed by atoms with Crippen LogP contribution >= 0.6 is 0 Å². The third kappa shape index (κ3) is 2.68. The second kappa shape index (κ2) is 5.40. The van der Waals surface area contributed by atoms with Crippen molar-refractivity contribution in [3.05, 3.63) is 30.5 Å². The van der Waals surface area contributed by atoms with Gasteiger partial charge in [0.25, 0.3) is 0 Å². The van der Waals surface area contributed by atoms with Gasteiger partial charge in [-0.05, 0) is 18.8 Å². The summed E-state index contributed by atoms with van der Waals surface area (Å²) in [6.07, 6.45) is 8.99. The Morgan fingerprint density at radius 2 is 2.35 bits per heavy atom. The number of nitrogens with one attached hydrogen (secondary N) is 1. The average Bonchev–Trinajstić information content (AvgIpc) is 3.10. The number of likely N-dealkylation sites (tertiary alicyclic amines) is 1. The van der Waals surface area contributed by atoms with E-state index in [9.17, 15) is 4.79 Å². The molecule has 0 bridgehead atoms. The molecule has 3 heterocycles. The SMILES string of the molecule is CC(=O)N1CC[C@@H](Cc2cncc(-c3cn[nH]c3)n2)C1. The summed E-state index contributed by atoms with van der Waals surface area (Å²) in [5, 5.41) is 6.70. The number of aromatic amines is 1. The molecule has 6 nitrogen and oxygen atoms in total. The Morgan fingerprint density at radius 1 is 1.45 bits per heavy atom. The molecule has 104 valence electrons. The smallest absolute Gasteiger partial charge is 0.219 e. The first kappa shape index (κ1) is 12.8. The highest BCUT2D eigenvalue weighted by Crippen LogP contribution is 2.21. The lowest BCUT2D eigenvalue weighted by Gasteiger charge is -2.13. The van der Waals surface area contributed by atoms with Crippen molar-refractivity contribution in [2.45, 2.75) is 19.8 Å². The summed E-state index contributed by atoms with van der Waals surface area (Å²) in [5.74, 6) is 0.638. The van der Waals surface area contributed by atoms with E-state index in [0.29, 0.717) is 5.92 Å². The van der Waals surface area contributed by atoms with E-state index in [2.05, 4.69) is 20.2 Å². The van der Waals surface area contributed by atoms with Crippen LogP contribution in [-0.2, 0) is 11.2 Å². The lowest BCUT2D eigenvalue weighted by atomic mass is 10.0. The number of nitrogens with zero attached hydrogens (tertiary/aromatic N) is 4. The van der Waals surface area contributed by atoms with Crippen LogP contribution in [0.3, 0.4) is 0 Å². The van der Waals surface area contributed by atoms with Crippen LogP contribution in [0.5, 0.6) is 0 Å². The van der Waals surface area contributed by atoms with Gasteiger partial charge in [0.15, 0.2) is 0 Å². The monoisotopic (exact) mass is 271 g/mol. The van der Waals surface area contributed by atoms with Gasteiger partial charge in [-0.15, -0.1) is 0 Å². The first-order valence-electron chi connectivity index (χ1n) is 6.78. The molecule has 0 aliphatic carbocycles. The minimum atomic E-state index is 0.158. The molecule has 0 radical (unpaired) electrons. The molecule has 1 amide bonds. The summed E-state index contributed by atoms with van der Waals surface area (Å²) < 4.78 is 0. The van der Waals surface area contributed by atoms with Gasteiger partial charge in [-0.25, -0.2) is 4.98 Å². The highest BCUT2D eigenvalue weighted by atomic mass is 16.2. The van der Waals surface area contributed by atoms with Gasteiger partial charge in [0.1, 0.15) is 0 Å².